The van der Waals surface area contributed by atoms with Crippen molar-refractivity contribution >= 4 is 16.0 Å². The molecule has 2 bridgehead atoms. The highest BCUT2D eigenvalue weighted by Crippen LogP contribution is 2.34. The summed E-state index contributed by atoms with van der Waals surface area (Å²) in [5.41, 5.74) is 0. The molecule has 3 fully saturated rings. The molecule has 3 aliphatic rings. The third-order valence-corrected chi connectivity index (χ3v) is 5.16. The van der Waals surface area contributed by atoms with Crippen LogP contribution in [0.2, 0.25) is 0 Å². The van der Waals surface area contributed by atoms with Crippen molar-refractivity contribution in [2.24, 2.45) is 5.92 Å². The molecule has 3 rings (SSSR count). The Morgan fingerprint density at radius 2 is 1.85 bits per heavy atom. The molecule has 0 aromatic heterocycles. The second kappa shape index (κ2) is 2.68. The molecule has 0 radical (unpaired) electrons. The molecule has 5 nitrogen and oxygen atoms in total. The molecule has 3 aliphatic heterocycles. The predicted octanol–water partition coefficient (Wildman–Crippen LogP) is -0.505. The van der Waals surface area contributed by atoms with Gasteiger partial charge in [-0.1, -0.05) is 0 Å². The van der Waals surface area contributed by atoms with Gasteiger partial charge in [-0.05, 0) is 18.8 Å². The number of piperidine rings is 1. The molecule has 0 aromatic carbocycles. The molecule has 1 atom stereocenters. The van der Waals surface area contributed by atoms with Gasteiger partial charge in [0, 0.05) is 13.1 Å². The zero-order valence-corrected chi connectivity index (χ0v) is 7.83. The first-order valence-corrected chi connectivity index (χ1v) is 5.75. The first-order chi connectivity index (χ1) is 6.03. The van der Waals surface area contributed by atoms with Gasteiger partial charge < -0.3 is 5.11 Å². The number of rotatable bonds is 1. The normalized spacial score (nSPS) is 41.7. The third-order valence-electron chi connectivity index (χ3n) is 2.85. The van der Waals surface area contributed by atoms with Crippen LogP contribution in [0.5, 0.6) is 0 Å². The molecule has 0 saturated carbocycles. The average Bonchev–Trinajstić information content (AvgIpc) is 2.03. The van der Waals surface area contributed by atoms with E-state index in [-0.39, 0.29) is 5.92 Å². The van der Waals surface area contributed by atoms with Gasteiger partial charge in [-0.15, -0.1) is 0 Å². The van der Waals surface area contributed by atoms with Crippen LogP contribution in [0.3, 0.4) is 0 Å². The molecule has 3 saturated heterocycles. The van der Waals surface area contributed by atoms with Gasteiger partial charge in [-0.2, -0.15) is 0 Å². The van der Waals surface area contributed by atoms with E-state index in [9.17, 15) is 13.2 Å². The fourth-order valence-corrected chi connectivity index (χ4v) is 4.22. The van der Waals surface area contributed by atoms with E-state index in [0.717, 1.165) is 0 Å². The molecule has 74 valence electrons. The maximum atomic E-state index is 11.6. The second-order valence-corrected chi connectivity index (χ2v) is 5.59. The van der Waals surface area contributed by atoms with Crippen molar-refractivity contribution in [1.29, 1.82) is 0 Å². The van der Waals surface area contributed by atoms with Crippen molar-refractivity contribution < 1.29 is 18.3 Å². The minimum Gasteiger partial charge on any atom is -0.480 e. The summed E-state index contributed by atoms with van der Waals surface area (Å²) in [6.07, 6.45) is 1.38. The minimum absolute atomic E-state index is 0.174. The molecular formula is C7H11NO4S. The highest BCUT2D eigenvalue weighted by molar-refractivity contribution is 7.90. The number of carbonyl (C=O) groups is 1. The first-order valence-electron chi connectivity index (χ1n) is 4.25. The first kappa shape index (κ1) is 8.96. The second-order valence-electron chi connectivity index (χ2n) is 3.54. The molecule has 0 aromatic rings. The van der Waals surface area contributed by atoms with Crippen LogP contribution in [0.4, 0.5) is 0 Å². The monoisotopic (exact) mass is 205 g/mol. The fraction of sp³-hybridized carbons (Fsp3) is 0.857. The molecule has 3 heterocycles. The summed E-state index contributed by atoms with van der Waals surface area (Å²) >= 11 is 0. The molecule has 13 heavy (non-hydrogen) atoms. The van der Waals surface area contributed by atoms with Crippen LogP contribution in [0.1, 0.15) is 12.8 Å². The molecule has 1 N–H and O–H groups in total. The molecule has 1 unspecified atom stereocenters. The Morgan fingerprint density at radius 3 is 2.15 bits per heavy atom. The van der Waals surface area contributed by atoms with Crippen molar-refractivity contribution in [3.63, 3.8) is 0 Å². The van der Waals surface area contributed by atoms with Crippen molar-refractivity contribution in [1.82, 2.24) is 4.31 Å². The van der Waals surface area contributed by atoms with E-state index < -0.39 is 21.2 Å². The predicted molar refractivity (Wildman–Crippen MR) is 44.6 cm³/mol. The maximum Gasteiger partial charge on any atom is 0.323 e. The number of sulfonamides is 1. The summed E-state index contributed by atoms with van der Waals surface area (Å²) in [4.78, 5) is 10.8. The number of hydrogen-bond acceptors (Lipinski definition) is 3. The average molecular weight is 205 g/mol. The fourth-order valence-electron chi connectivity index (χ4n) is 2.17. The summed E-state index contributed by atoms with van der Waals surface area (Å²) < 4.78 is 24.4. The largest absolute Gasteiger partial charge is 0.480 e. The minimum atomic E-state index is -3.53. The van der Waals surface area contributed by atoms with Crippen LogP contribution in [0.15, 0.2) is 0 Å². The van der Waals surface area contributed by atoms with E-state index in [0.29, 0.717) is 25.9 Å². The van der Waals surface area contributed by atoms with E-state index in [2.05, 4.69) is 0 Å². The lowest BCUT2D eigenvalue weighted by molar-refractivity contribution is -0.138. The quantitative estimate of drug-likeness (QED) is 0.626. The summed E-state index contributed by atoms with van der Waals surface area (Å²) in [6.45, 7) is 0.994. The van der Waals surface area contributed by atoms with E-state index in [4.69, 9.17) is 5.11 Å². The molecular weight excluding hydrogens is 194 g/mol. The van der Waals surface area contributed by atoms with Crippen molar-refractivity contribution in [3.8, 4) is 0 Å². The topological polar surface area (TPSA) is 74.7 Å². The smallest absolute Gasteiger partial charge is 0.323 e. The van der Waals surface area contributed by atoms with Crippen molar-refractivity contribution in [2.75, 3.05) is 13.1 Å². The summed E-state index contributed by atoms with van der Waals surface area (Å²) in [5, 5.41) is 7.60. The summed E-state index contributed by atoms with van der Waals surface area (Å²) in [7, 11) is -3.53. The van der Waals surface area contributed by atoms with Crippen LogP contribution in [-0.2, 0) is 14.8 Å². The van der Waals surface area contributed by atoms with Crippen LogP contribution >= 0.6 is 0 Å². The van der Waals surface area contributed by atoms with Crippen LogP contribution in [0, 0.1) is 5.92 Å². The number of fused-ring (bicyclic) bond motifs is 3. The molecule has 0 amide bonds. The van der Waals surface area contributed by atoms with Gasteiger partial charge in [-0.3, -0.25) is 4.79 Å². The Bertz CT molecular complexity index is 328. The molecule has 0 spiro atoms. The molecule has 0 aliphatic carbocycles. The van der Waals surface area contributed by atoms with Gasteiger partial charge >= 0.3 is 5.97 Å². The Kier molecular flexibility index (Phi) is 1.85. The Balaban J connectivity index is 2.41. The number of aliphatic carboxylic acids is 1. The van der Waals surface area contributed by atoms with Gasteiger partial charge in [-0.25, -0.2) is 12.7 Å². The van der Waals surface area contributed by atoms with Crippen molar-refractivity contribution in [3.05, 3.63) is 0 Å². The lowest BCUT2D eigenvalue weighted by Crippen LogP contribution is -2.57. The lowest BCUT2D eigenvalue weighted by atomic mass is 9.94. The Morgan fingerprint density at radius 1 is 1.31 bits per heavy atom. The Labute approximate surface area is 76.4 Å². The zero-order valence-electron chi connectivity index (χ0n) is 7.01. The van der Waals surface area contributed by atoms with Gasteiger partial charge in [0.25, 0.3) is 0 Å². The van der Waals surface area contributed by atoms with Gasteiger partial charge in [0.15, 0.2) is 5.25 Å². The lowest BCUT2D eigenvalue weighted by Gasteiger charge is -2.41. The summed E-state index contributed by atoms with van der Waals surface area (Å²) in [5.74, 6) is -1.37. The highest BCUT2D eigenvalue weighted by atomic mass is 32.2. The van der Waals surface area contributed by atoms with Crippen LogP contribution < -0.4 is 0 Å². The summed E-state index contributed by atoms with van der Waals surface area (Å²) in [6, 6.07) is 0. The maximum absolute atomic E-state index is 11.6. The molecule has 6 heteroatoms. The number of nitrogens with zero attached hydrogens (tertiary/aromatic N) is 1. The van der Waals surface area contributed by atoms with Crippen LogP contribution in [0.25, 0.3) is 0 Å². The van der Waals surface area contributed by atoms with Gasteiger partial charge in [0.1, 0.15) is 0 Å². The third kappa shape index (κ3) is 1.16. The van der Waals surface area contributed by atoms with E-state index in [1.165, 1.54) is 4.31 Å². The van der Waals surface area contributed by atoms with E-state index in [1.807, 2.05) is 0 Å². The standard InChI is InChI=1S/C7H11NO4S/c9-7(10)6-5-1-3-8(4-2-5)13(6,11)12/h5-6H,1-4H2,(H,9,10). The van der Waals surface area contributed by atoms with E-state index >= 15 is 0 Å². The van der Waals surface area contributed by atoms with Gasteiger partial charge in [0.05, 0.1) is 0 Å². The highest BCUT2D eigenvalue weighted by Gasteiger charge is 2.50. The van der Waals surface area contributed by atoms with Crippen LogP contribution in [-0.4, -0.2) is 42.1 Å². The number of hydrogen-bond donors (Lipinski definition) is 1. The van der Waals surface area contributed by atoms with E-state index in [1.54, 1.807) is 0 Å². The van der Waals surface area contributed by atoms with Crippen molar-refractivity contribution in [2.45, 2.75) is 18.1 Å². The number of carboxylic acid groups (broad SMARTS) is 1. The zero-order chi connectivity index (χ0) is 9.64. The Hall–Kier alpha value is -0.620. The number of carboxylic acids is 1. The van der Waals surface area contributed by atoms with Gasteiger partial charge in [0.2, 0.25) is 10.0 Å². The SMILES string of the molecule is O=C(O)C1C2CCN(CC2)S1(=O)=O.